The molecule has 1 aliphatic rings. The topological polar surface area (TPSA) is 0 Å². The molecule has 1 radical (unpaired) electrons. The highest BCUT2D eigenvalue weighted by Crippen LogP contribution is 2.38. The Kier molecular flexibility index (Phi) is 3.03. The molecular weight excluding hydrogens is 176 g/mol. The van der Waals surface area contributed by atoms with E-state index >= 15 is 0 Å². The third-order valence-electron chi connectivity index (χ3n) is 1.86. The molecule has 0 aliphatic heterocycles. The van der Waals surface area contributed by atoms with Gasteiger partial charge in [0.05, 0.1) is 0 Å². The van der Waals surface area contributed by atoms with Gasteiger partial charge in [0.1, 0.15) is 0 Å². The molecule has 1 heteroatoms. The summed E-state index contributed by atoms with van der Waals surface area (Å²) in [7, 11) is 0. The van der Waals surface area contributed by atoms with Crippen LogP contribution >= 0.6 is 15.9 Å². The van der Waals surface area contributed by atoms with Gasteiger partial charge in [-0.25, -0.2) is 0 Å². The lowest BCUT2D eigenvalue weighted by molar-refractivity contribution is 0.659. The lowest BCUT2D eigenvalue weighted by Gasteiger charge is -2.04. The predicted molar refractivity (Wildman–Crippen MR) is 44.6 cm³/mol. The van der Waals surface area contributed by atoms with Gasteiger partial charge in [0, 0.05) is 4.83 Å². The number of hydrogen-bond donors (Lipinski definition) is 0. The molecule has 0 aromatic rings. The fourth-order valence-electron chi connectivity index (χ4n) is 1.03. The van der Waals surface area contributed by atoms with Gasteiger partial charge < -0.3 is 0 Å². The fourth-order valence-corrected chi connectivity index (χ4v) is 1.89. The quantitative estimate of drug-likeness (QED) is 0.597. The van der Waals surface area contributed by atoms with Crippen molar-refractivity contribution in [1.29, 1.82) is 0 Å². The molecule has 0 aromatic heterocycles. The van der Waals surface area contributed by atoms with Crippen LogP contribution in [0.25, 0.3) is 0 Å². The van der Waals surface area contributed by atoms with Crippen LogP contribution in [0.3, 0.4) is 0 Å². The second-order valence-corrected chi connectivity index (χ2v) is 4.03. The molecule has 1 saturated carbocycles. The van der Waals surface area contributed by atoms with E-state index in [-0.39, 0.29) is 0 Å². The van der Waals surface area contributed by atoms with Gasteiger partial charge in [0.15, 0.2) is 0 Å². The molecule has 1 atom stereocenters. The molecule has 1 rings (SSSR count). The molecule has 0 N–H and O–H groups in total. The maximum Gasteiger partial charge on any atom is 0.0174 e. The Morgan fingerprint density at radius 3 is 2.67 bits per heavy atom. The van der Waals surface area contributed by atoms with E-state index in [4.69, 9.17) is 0 Å². The molecule has 0 amide bonds. The summed E-state index contributed by atoms with van der Waals surface area (Å²) in [6.45, 7) is 3.82. The molecule has 1 fully saturated rings. The SMILES string of the molecule is [CH2]CCCC(Br)C1CC1. The van der Waals surface area contributed by atoms with Gasteiger partial charge in [-0.05, 0) is 25.2 Å². The summed E-state index contributed by atoms with van der Waals surface area (Å²) in [6, 6.07) is 0. The summed E-state index contributed by atoms with van der Waals surface area (Å²) >= 11 is 3.68. The number of rotatable bonds is 4. The standard InChI is InChI=1S/C8H14Br/c1-2-3-4-8(9)7-5-6-7/h7-8H,1-6H2. The zero-order valence-corrected chi connectivity index (χ0v) is 7.36. The van der Waals surface area contributed by atoms with Crippen LogP contribution < -0.4 is 0 Å². The van der Waals surface area contributed by atoms with Gasteiger partial charge >= 0.3 is 0 Å². The molecule has 9 heavy (non-hydrogen) atoms. The van der Waals surface area contributed by atoms with Crippen LogP contribution in [0.15, 0.2) is 0 Å². The van der Waals surface area contributed by atoms with Gasteiger partial charge in [0.2, 0.25) is 0 Å². The van der Waals surface area contributed by atoms with Crippen LogP contribution in [0, 0.1) is 12.8 Å². The zero-order valence-electron chi connectivity index (χ0n) is 5.78. The molecule has 53 valence electrons. The first-order chi connectivity index (χ1) is 4.34. The third-order valence-corrected chi connectivity index (χ3v) is 3.07. The van der Waals surface area contributed by atoms with E-state index in [1.807, 2.05) is 0 Å². The summed E-state index contributed by atoms with van der Waals surface area (Å²) in [5, 5.41) is 0. The largest absolute Gasteiger partial charge is 0.0888 e. The van der Waals surface area contributed by atoms with Crippen molar-refractivity contribution in [3.05, 3.63) is 6.92 Å². The maximum absolute atomic E-state index is 3.82. The summed E-state index contributed by atoms with van der Waals surface area (Å²) in [5.41, 5.74) is 0. The minimum atomic E-state index is 0.805. The van der Waals surface area contributed by atoms with E-state index in [0.29, 0.717) is 0 Å². The molecule has 0 nitrogen and oxygen atoms in total. The van der Waals surface area contributed by atoms with E-state index in [1.54, 1.807) is 0 Å². The van der Waals surface area contributed by atoms with Crippen molar-refractivity contribution < 1.29 is 0 Å². The van der Waals surface area contributed by atoms with Crippen LogP contribution in [-0.2, 0) is 0 Å². The number of unbranched alkanes of at least 4 members (excludes halogenated alkanes) is 1. The number of alkyl halides is 1. The van der Waals surface area contributed by atoms with Crippen LogP contribution in [0.1, 0.15) is 32.1 Å². The molecule has 1 aliphatic carbocycles. The molecule has 0 spiro atoms. The Hall–Kier alpha value is 0.480. The van der Waals surface area contributed by atoms with Crippen molar-refractivity contribution in [2.75, 3.05) is 0 Å². The third kappa shape index (κ3) is 2.70. The Morgan fingerprint density at radius 1 is 1.56 bits per heavy atom. The molecule has 1 unspecified atom stereocenters. The van der Waals surface area contributed by atoms with Crippen LogP contribution in [0.4, 0.5) is 0 Å². The fraction of sp³-hybridized carbons (Fsp3) is 0.875. The van der Waals surface area contributed by atoms with Crippen molar-refractivity contribution in [3.63, 3.8) is 0 Å². The zero-order chi connectivity index (χ0) is 6.69. The first-order valence-corrected chi connectivity index (χ1v) is 4.69. The normalized spacial score (nSPS) is 22.0. The molecule has 0 heterocycles. The van der Waals surface area contributed by atoms with Crippen molar-refractivity contribution in [2.45, 2.75) is 36.9 Å². The summed E-state index contributed by atoms with van der Waals surface area (Å²) in [5.74, 6) is 1.01. The van der Waals surface area contributed by atoms with Crippen molar-refractivity contribution in [2.24, 2.45) is 5.92 Å². The maximum atomic E-state index is 3.82. The molecule has 0 aromatic carbocycles. The second-order valence-electron chi connectivity index (χ2n) is 2.85. The highest BCUT2D eigenvalue weighted by Gasteiger charge is 2.28. The summed E-state index contributed by atoms with van der Waals surface area (Å²) in [6.07, 6.45) is 6.61. The van der Waals surface area contributed by atoms with Crippen molar-refractivity contribution in [1.82, 2.24) is 0 Å². The second kappa shape index (κ2) is 3.60. The Morgan fingerprint density at radius 2 is 2.22 bits per heavy atom. The first-order valence-electron chi connectivity index (χ1n) is 3.78. The highest BCUT2D eigenvalue weighted by molar-refractivity contribution is 9.09. The minimum absolute atomic E-state index is 0.805. The number of hydrogen-bond acceptors (Lipinski definition) is 0. The van der Waals surface area contributed by atoms with Gasteiger partial charge in [0.25, 0.3) is 0 Å². The lowest BCUT2D eigenvalue weighted by Crippen LogP contribution is -1.98. The van der Waals surface area contributed by atoms with Gasteiger partial charge in [-0.2, -0.15) is 0 Å². The van der Waals surface area contributed by atoms with Gasteiger partial charge in [-0.15, -0.1) is 0 Å². The first kappa shape index (κ1) is 7.59. The van der Waals surface area contributed by atoms with Crippen molar-refractivity contribution >= 4 is 15.9 Å². The molecule has 0 saturated heterocycles. The Bertz CT molecular complexity index is 76.6. The average molecular weight is 190 g/mol. The van der Waals surface area contributed by atoms with Crippen molar-refractivity contribution in [3.8, 4) is 0 Å². The van der Waals surface area contributed by atoms with E-state index in [1.165, 1.54) is 25.7 Å². The lowest BCUT2D eigenvalue weighted by atomic mass is 10.1. The average Bonchev–Trinajstić information content (AvgIpc) is 2.63. The molecule has 0 bridgehead atoms. The smallest absolute Gasteiger partial charge is 0.0174 e. The Labute approximate surface area is 66.2 Å². The van der Waals surface area contributed by atoms with Crippen LogP contribution in [-0.4, -0.2) is 4.83 Å². The van der Waals surface area contributed by atoms with E-state index in [0.717, 1.165) is 17.2 Å². The van der Waals surface area contributed by atoms with E-state index < -0.39 is 0 Å². The highest BCUT2D eigenvalue weighted by atomic mass is 79.9. The summed E-state index contributed by atoms with van der Waals surface area (Å²) in [4.78, 5) is 0.805. The summed E-state index contributed by atoms with van der Waals surface area (Å²) < 4.78 is 0. The van der Waals surface area contributed by atoms with Crippen LogP contribution in [0.2, 0.25) is 0 Å². The monoisotopic (exact) mass is 189 g/mol. The van der Waals surface area contributed by atoms with E-state index in [9.17, 15) is 0 Å². The van der Waals surface area contributed by atoms with E-state index in [2.05, 4.69) is 22.9 Å². The minimum Gasteiger partial charge on any atom is -0.0888 e. The predicted octanol–water partition coefficient (Wildman–Crippen LogP) is 3.16. The molecular formula is C8H14Br. The number of halogens is 1. The van der Waals surface area contributed by atoms with Gasteiger partial charge in [-0.1, -0.05) is 35.7 Å². The Balaban J connectivity index is 1.96. The van der Waals surface area contributed by atoms with Gasteiger partial charge in [-0.3, -0.25) is 0 Å². The van der Waals surface area contributed by atoms with Crippen LogP contribution in [0.5, 0.6) is 0 Å².